The monoisotopic (exact) mass is 271 g/mol. The third kappa shape index (κ3) is 2.05. The van der Waals surface area contributed by atoms with Crippen LogP contribution in [-0.4, -0.2) is 33.4 Å². The van der Waals surface area contributed by atoms with E-state index in [-0.39, 0.29) is 11.6 Å². The van der Waals surface area contributed by atoms with Crippen molar-refractivity contribution in [3.63, 3.8) is 0 Å². The molecule has 0 saturated heterocycles. The largest absolute Gasteiger partial charge is 0.339 e. The molecule has 5 heteroatoms. The van der Waals surface area contributed by atoms with Gasteiger partial charge >= 0.3 is 5.69 Å². The van der Waals surface area contributed by atoms with Crippen LogP contribution >= 0.6 is 0 Å². The normalized spacial score (nSPS) is 15.4. The molecule has 0 radical (unpaired) electrons. The minimum atomic E-state index is -0.118. The molecule has 104 valence electrons. The van der Waals surface area contributed by atoms with Crippen molar-refractivity contribution in [1.82, 2.24) is 14.5 Å². The number of carbonyl (C=O) groups excluding carboxylic acids is 1. The lowest BCUT2D eigenvalue weighted by Gasteiger charge is -2.26. The molecule has 0 aliphatic carbocycles. The Morgan fingerprint density at radius 3 is 2.85 bits per heavy atom. The van der Waals surface area contributed by atoms with E-state index < -0.39 is 0 Å². The number of rotatable bonds is 2. The quantitative estimate of drug-likeness (QED) is 0.905. The second-order valence-electron chi connectivity index (χ2n) is 4.92. The number of amides is 1. The Morgan fingerprint density at radius 1 is 1.35 bits per heavy atom. The number of aromatic nitrogens is 2. The fourth-order valence-electron chi connectivity index (χ4n) is 2.65. The number of fused-ring (bicyclic) bond motifs is 1. The van der Waals surface area contributed by atoms with Gasteiger partial charge in [-0.15, -0.1) is 0 Å². The summed E-state index contributed by atoms with van der Waals surface area (Å²) in [6.07, 6.45) is 3.20. The minimum Gasteiger partial charge on any atom is -0.339 e. The molecular weight excluding hydrogens is 254 g/mol. The number of para-hydroxylation sites is 2. The van der Waals surface area contributed by atoms with Crippen LogP contribution in [0.1, 0.15) is 19.8 Å². The van der Waals surface area contributed by atoms with Crippen LogP contribution in [0.2, 0.25) is 0 Å². The van der Waals surface area contributed by atoms with Crippen molar-refractivity contribution in [2.45, 2.75) is 19.8 Å². The zero-order chi connectivity index (χ0) is 14.1. The van der Waals surface area contributed by atoms with E-state index in [0.717, 1.165) is 16.7 Å². The van der Waals surface area contributed by atoms with Crippen LogP contribution in [0.5, 0.6) is 0 Å². The topological polar surface area (TPSA) is 58.1 Å². The lowest BCUT2D eigenvalue weighted by Crippen LogP contribution is -2.35. The zero-order valence-electron chi connectivity index (χ0n) is 11.4. The predicted molar refractivity (Wildman–Crippen MR) is 78.3 cm³/mol. The second kappa shape index (κ2) is 5.00. The van der Waals surface area contributed by atoms with E-state index in [0.29, 0.717) is 25.9 Å². The lowest BCUT2D eigenvalue weighted by molar-refractivity contribution is -0.130. The molecule has 1 amide bonds. The Morgan fingerprint density at radius 2 is 2.15 bits per heavy atom. The highest BCUT2D eigenvalue weighted by molar-refractivity contribution is 5.80. The van der Waals surface area contributed by atoms with Crippen molar-refractivity contribution in [2.75, 3.05) is 13.1 Å². The van der Waals surface area contributed by atoms with Crippen LogP contribution in [0, 0.1) is 0 Å². The van der Waals surface area contributed by atoms with Gasteiger partial charge in [0.15, 0.2) is 0 Å². The maximum atomic E-state index is 12.1. The standard InChI is InChI=1S/C15H17N3O2/c1-2-14(19)17-9-7-11(8-10-17)18-13-6-4-3-5-12(13)16-15(18)20/h3-7H,2,8-10H2,1H3,(H,16,20). The van der Waals surface area contributed by atoms with Gasteiger partial charge in [-0.25, -0.2) is 4.79 Å². The molecule has 1 aromatic carbocycles. The fraction of sp³-hybridized carbons (Fsp3) is 0.333. The number of H-pyrrole nitrogens is 1. The van der Waals surface area contributed by atoms with Crippen LogP contribution in [0.3, 0.4) is 0 Å². The minimum absolute atomic E-state index is 0.118. The lowest BCUT2D eigenvalue weighted by atomic mass is 10.2. The predicted octanol–water partition coefficient (Wildman–Crippen LogP) is 1.81. The molecule has 2 heterocycles. The molecule has 1 aliphatic heterocycles. The van der Waals surface area contributed by atoms with E-state index in [1.165, 1.54) is 0 Å². The van der Waals surface area contributed by atoms with E-state index in [4.69, 9.17) is 0 Å². The number of carbonyl (C=O) groups is 1. The highest BCUT2D eigenvalue weighted by Gasteiger charge is 2.18. The van der Waals surface area contributed by atoms with Crippen molar-refractivity contribution in [1.29, 1.82) is 0 Å². The number of hydrogen-bond acceptors (Lipinski definition) is 2. The summed E-state index contributed by atoms with van der Waals surface area (Å²) in [5, 5.41) is 0. The Hall–Kier alpha value is -2.30. The van der Waals surface area contributed by atoms with Gasteiger partial charge in [-0.1, -0.05) is 19.1 Å². The fourth-order valence-corrected chi connectivity index (χ4v) is 2.65. The van der Waals surface area contributed by atoms with Gasteiger partial charge in [0.2, 0.25) is 5.91 Å². The molecule has 0 bridgehead atoms. The highest BCUT2D eigenvalue weighted by Crippen LogP contribution is 2.20. The van der Waals surface area contributed by atoms with Gasteiger partial charge in [0.25, 0.3) is 0 Å². The average Bonchev–Trinajstić information content (AvgIpc) is 2.82. The van der Waals surface area contributed by atoms with Gasteiger partial charge < -0.3 is 9.88 Å². The maximum Gasteiger partial charge on any atom is 0.330 e. The summed E-state index contributed by atoms with van der Waals surface area (Å²) < 4.78 is 1.71. The molecule has 1 aliphatic rings. The first-order valence-electron chi connectivity index (χ1n) is 6.87. The first-order chi connectivity index (χ1) is 9.70. The molecule has 5 nitrogen and oxygen atoms in total. The van der Waals surface area contributed by atoms with Crippen molar-refractivity contribution < 1.29 is 4.79 Å². The van der Waals surface area contributed by atoms with Crippen LogP contribution in [0.4, 0.5) is 0 Å². The Labute approximate surface area is 116 Å². The van der Waals surface area contributed by atoms with Crippen LogP contribution in [-0.2, 0) is 4.79 Å². The van der Waals surface area contributed by atoms with E-state index in [1.807, 2.05) is 42.2 Å². The molecular formula is C15H17N3O2. The first kappa shape index (κ1) is 12.7. The van der Waals surface area contributed by atoms with Crippen molar-refractivity contribution in [2.24, 2.45) is 0 Å². The van der Waals surface area contributed by atoms with E-state index >= 15 is 0 Å². The molecule has 2 aromatic rings. The summed E-state index contributed by atoms with van der Waals surface area (Å²) in [5.74, 6) is 0.159. The van der Waals surface area contributed by atoms with Crippen LogP contribution in [0.15, 0.2) is 35.1 Å². The summed E-state index contributed by atoms with van der Waals surface area (Å²) in [5.41, 5.74) is 2.57. The number of hydrogen-bond donors (Lipinski definition) is 1. The first-order valence-corrected chi connectivity index (χ1v) is 6.87. The van der Waals surface area contributed by atoms with Crippen molar-refractivity contribution in [3.8, 4) is 0 Å². The Bertz CT molecular complexity index is 739. The number of benzene rings is 1. The number of imidazole rings is 1. The van der Waals surface area contributed by atoms with Crippen LogP contribution in [0.25, 0.3) is 16.7 Å². The van der Waals surface area contributed by atoms with Gasteiger partial charge in [-0.3, -0.25) is 9.36 Å². The zero-order valence-corrected chi connectivity index (χ0v) is 11.4. The second-order valence-corrected chi connectivity index (χ2v) is 4.92. The summed E-state index contributed by atoms with van der Waals surface area (Å²) >= 11 is 0. The molecule has 0 unspecified atom stereocenters. The van der Waals surface area contributed by atoms with E-state index in [2.05, 4.69) is 4.98 Å². The van der Waals surface area contributed by atoms with Crippen molar-refractivity contribution >= 4 is 22.6 Å². The maximum absolute atomic E-state index is 12.1. The molecule has 0 saturated carbocycles. The smallest absolute Gasteiger partial charge is 0.330 e. The summed E-state index contributed by atoms with van der Waals surface area (Å²) in [4.78, 5) is 28.4. The SMILES string of the molecule is CCC(=O)N1CC=C(n2c(=O)[nH]c3ccccc32)CC1. The van der Waals surface area contributed by atoms with Gasteiger partial charge in [0.1, 0.15) is 0 Å². The Balaban J connectivity index is 1.97. The van der Waals surface area contributed by atoms with Gasteiger partial charge in [0, 0.05) is 31.6 Å². The van der Waals surface area contributed by atoms with Gasteiger partial charge in [0.05, 0.1) is 11.0 Å². The molecule has 20 heavy (non-hydrogen) atoms. The summed E-state index contributed by atoms with van der Waals surface area (Å²) in [6.45, 7) is 3.12. The molecule has 1 aromatic heterocycles. The summed E-state index contributed by atoms with van der Waals surface area (Å²) in [6, 6.07) is 7.64. The van der Waals surface area contributed by atoms with Crippen molar-refractivity contribution in [3.05, 3.63) is 40.8 Å². The third-order valence-electron chi connectivity index (χ3n) is 3.72. The van der Waals surface area contributed by atoms with Gasteiger partial charge in [-0.05, 0) is 18.2 Å². The molecule has 1 N–H and O–H groups in total. The molecule has 0 atom stereocenters. The van der Waals surface area contributed by atoms with E-state index in [9.17, 15) is 9.59 Å². The molecule has 0 fully saturated rings. The molecule has 3 rings (SSSR count). The number of aromatic amines is 1. The summed E-state index contributed by atoms with van der Waals surface area (Å²) in [7, 11) is 0. The number of nitrogens with one attached hydrogen (secondary N) is 1. The van der Waals surface area contributed by atoms with Gasteiger partial charge in [-0.2, -0.15) is 0 Å². The number of nitrogens with zero attached hydrogens (tertiary/aromatic N) is 2. The van der Waals surface area contributed by atoms with Crippen LogP contribution < -0.4 is 5.69 Å². The van der Waals surface area contributed by atoms with E-state index in [1.54, 1.807) is 4.57 Å². The molecule has 0 spiro atoms. The highest BCUT2D eigenvalue weighted by atomic mass is 16.2. The Kier molecular flexibility index (Phi) is 3.18. The third-order valence-corrected chi connectivity index (χ3v) is 3.72. The average molecular weight is 271 g/mol.